The van der Waals surface area contributed by atoms with Crippen LogP contribution in [-0.4, -0.2) is 142 Å². The largest absolute Gasteiger partial charge is 0.480 e. The first-order valence-electron chi connectivity index (χ1n) is 41.6. The number of nitrogens with one attached hydrogen (secondary N) is 4. The number of nitrogens with zero attached hydrogens (tertiary/aromatic N) is 12. The van der Waals surface area contributed by atoms with Crippen molar-refractivity contribution in [2.45, 2.75) is 140 Å². The number of benzene rings is 4. The third kappa shape index (κ3) is 19.4. The molecule has 45 heteroatoms. The van der Waals surface area contributed by atoms with E-state index in [0.29, 0.717) is 44.2 Å². The van der Waals surface area contributed by atoms with Gasteiger partial charge in [0.15, 0.2) is 11.1 Å². The lowest BCUT2D eigenvalue weighted by Gasteiger charge is -2.33. The SMILES string of the molecule is CC(OC(=O)Nc1cnoc1C#Cc1nc2oc(C3(C(=O)O)CC3)nc2o1)c1ccccc1.Cc1ccccc1C(C)OC(=O)Nc1c(C)noc1C#Cc1nc2oc(C3(C(=O)O)COC3)nc2o1.Cc1ccccc1C(C)OC(=O)Nc1cnoc1C#Cc1nc2oc(C3(C(=O)O)CC3)nc2o1.Cc1ccccc1C(C)OC(=O)Nc1conc1C#Cc1nc2oc(C3(C(=O)O)CC3)nc2o1. The van der Waals surface area contributed by atoms with Crippen LogP contribution in [0.1, 0.15) is 205 Å². The molecule has 694 valence electrons. The van der Waals surface area contributed by atoms with Crippen LogP contribution in [0.3, 0.4) is 0 Å². The predicted molar refractivity (Wildman–Crippen MR) is 461 cm³/mol. The highest BCUT2D eigenvalue weighted by molar-refractivity contribution is 5.90. The molecule has 0 spiro atoms. The number of oxazole rings is 8. The van der Waals surface area contributed by atoms with Gasteiger partial charge in [0.2, 0.25) is 40.8 Å². The Morgan fingerprint density at radius 3 is 1.04 bits per heavy atom. The zero-order chi connectivity index (χ0) is 96.2. The highest BCUT2D eigenvalue weighted by atomic mass is 16.6. The van der Waals surface area contributed by atoms with Crippen molar-refractivity contribution in [3.05, 3.63) is 237 Å². The van der Waals surface area contributed by atoms with E-state index in [1.54, 1.807) is 34.6 Å². The topological polar surface area (TPSA) is 624 Å². The molecule has 4 aliphatic rings. The Labute approximate surface area is 768 Å². The molecule has 20 rings (SSSR count). The van der Waals surface area contributed by atoms with Gasteiger partial charge in [0.25, 0.3) is 69.3 Å². The molecule has 4 unspecified atom stereocenters. The zero-order valence-electron chi connectivity index (χ0n) is 72.9. The van der Waals surface area contributed by atoms with Crippen LogP contribution in [0, 0.1) is 75.1 Å². The third-order valence-electron chi connectivity index (χ3n) is 22.1. The Morgan fingerprint density at radius 1 is 0.358 bits per heavy atom. The summed E-state index contributed by atoms with van der Waals surface area (Å²) in [5, 5.41) is 62.6. The normalized spacial score (nSPS) is 14.8. The number of anilines is 4. The molecule has 16 aromatic rings. The molecule has 8 N–H and O–H groups in total. The summed E-state index contributed by atoms with van der Waals surface area (Å²) in [6, 6.07) is 32.1. The molecule has 4 atom stereocenters. The first-order valence-corrected chi connectivity index (χ1v) is 41.6. The minimum atomic E-state index is -1.35. The maximum absolute atomic E-state index is 12.5. The molecule has 4 amide bonds. The summed E-state index contributed by atoms with van der Waals surface area (Å²) >= 11 is 0. The second-order valence-electron chi connectivity index (χ2n) is 31.5. The van der Waals surface area contributed by atoms with Crippen LogP contribution in [0.4, 0.5) is 41.9 Å². The number of aromatic nitrogens is 12. The van der Waals surface area contributed by atoms with Gasteiger partial charge in [0.1, 0.15) is 75.4 Å². The smallest absolute Gasteiger partial charge is 0.412 e. The van der Waals surface area contributed by atoms with Crippen LogP contribution >= 0.6 is 0 Å². The summed E-state index contributed by atoms with van der Waals surface area (Å²) in [6.45, 7) is 14.4. The Hall–Kier alpha value is -18.4. The summed E-state index contributed by atoms with van der Waals surface area (Å²) in [6.07, 6.45) is 1.84. The molecule has 3 aliphatic carbocycles. The fraction of sp³-hybridized carbons (Fsp3) is 0.261. The number of carboxylic acids is 4. The van der Waals surface area contributed by atoms with Gasteiger partial charge in [-0.25, -0.2) is 19.2 Å². The average molecular weight is 1870 g/mol. The number of aryl methyl sites for hydroxylation is 4. The van der Waals surface area contributed by atoms with Gasteiger partial charge < -0.3 is 97.5 Å². The highest BCUT2D eigenvalue weighted by Gasteiger charge is 2.59. The number of rotatable bonds is 20. The first kappa shape index (κ1) is 90.5. The minimum Gasteiger partial charge on any atom is -0.480 e. The Bertz CT molecular complexity index is 7300. The molecular weight excluding hydrogens is 1790 g/mol. The lowest BCUT2D eigenvalue weighted by atomic mass is 9.86. The Balaban J connectivity index is 0.000000127. The van der Waals surface area contributed by atoms with Crippen LogP contribution in [-0.2, 0) is 64.5 Å². The summed E-state index contributed by atoms with van der Waals surface area (Å²) < 4.78 is 90.6. The van der Waals surface area contributed by atoms with Gasteiger partial charge in [0, 0.05) is 23.7 Å². The molecule has 13 heterocycles. The molecule has 12 aromatic heterocycles. The second-order valence-corrected chi connectivity index (χ2v) is 31.5. The number of hydrogen-bond acceptors (Lipinski definition) is 37. The van der Waals surface area contributed by atoms with Crippen molar-refractivity contribution in [2.24, 2.45) is 0 Å². The Kier molecular flexibility index (Phi) is 24.8. The van der Waals surface area contributed by atoms with Crippen molar-refractivity contribution in [2.75, 3.05) is 34.5 Å². The van der Waals surface area contributed by atoms with E-state index >= 15 is 0 Å². The lowest BCUT2D eigenvalue weighted by Crippen LogP contribution is -2.53. The van der Waals surface area contributed by atoms with Crippen molar-refractivity contribution >= 4 is 117 Å². The van der Waals surface area contributed by atoms with Gasteiger partial charge in [-0.15, -0.1) is 0 Å². The molecule has 45 nitrogen and oxygen atoms in total. The lowest BCUT2D eigenvalue weighted by molar-refractivity contribution is -0.165. The van der Waals surface area contributed by atoms with E-state index in [9.17, 15) is 58.8 Å². The van der Waals surface area contributed by atoms with Gasteiger partial charge in [-0.05, 0) is 157 Å². The standard InChI is InChI=1S/C24H20N4O8.2C23H18N4O7.C22H16N4O7/c1-12-6-4-5-7-15(12)14(3)33-23(31)26-18-13(2)28-36-16(18)8-9-17-25-19-20(34-17)27-21(35-19)24(22(29)30)10-32-11-24;1-12-5-3-4-6-14(12)13(2)31-22(30)25-15-11-24-34-16(15)7-8-17-26-18-19(32-17)27-20(33-18)23(9-10-23)21(28)29;1-12-5-3-4-6-14(12)13(2)32-22(30)24-16-11-31-27-15(16)7-8-17-25-18-19(33-17)26-20(34-18)23(9-10-23)21(28)29;1-12(13-5-3-2-4-6-13)30-21(29)24-14-11-23-33-15(14)7-8-16-25-17-18(31-16)26-19(32-17)22(9-10-22)20(27)28/h4-7,14H,10-11H2,1-3H3,(H,26,31)(H,29,30);3-6,11,13H,9-10H2,1-2H3,(H,25,30)(H,28,29);3-6,11,13H,9-10H2,1-2H3,(H,24,30)(H,28,29);2-6,11-12H,9-10H2,1H3,(H,24,29)(H,27,28). The summed E-state index contributed by atoms with van der Waals surface area (Å²) in [4.78, 5) is 128. The second kappa shape index (κ2) is 37.5. The van der Waals surface area contributed by atoms with E-state index in [1.807, 2.05) is 124 Å². The van der Waals surface area contributed by atoms with Crippen LogP contribution in [0.2, 0.25) is 0 Å². The monoisotopic (exact) mass is 1860 g/mol. The van der Waals surface area contributed by atoms with Crippen molar-refractivity contribution in [1.29, 1.82) is 0 Å². The van der Waals surface area contributed by atoms with E-state index in [4.69, 9.17) is 77.1 Å². The van der Waals surface area contributed by atoms with Gasteiger partial charge in [-0.3, -0.25) is 40.4 Å². The maximum Gasteiger partial charge on any atom is 0.412 e. The van der Waals surface area contributed by atoms with E-state index < -0.39 is 94.3 Å². The fourth-order valence-corrected chi connectivity index (χ4v) is 13.8. The van der Waals surface area contributed by atoms with E-state index in [-0.39, 0.29) is 152 Å². The van der Waals surface area contributed by atoms with Crippen LogP contribution in [0.25, 0.3) is 45.7 Å². The molecule has 3 saturated carbocycles. The van der Waals surface area contributed by atoms with Crippen LogP contribution in [0.15, 0.2) is 175 Å². The van der Waals surface area contributed by atoms with Crippen molar-refractivity contribution in [3.8, 4) is 47.4 Å². The van der Waals surface area contributed by atoms with Gasteiger partial charge in [0.05, 0.1) is 25.6 Å². The number of aliphatic carboxylic acids is 4. The molecule has 0 bridgehead atoms. The van der Waals surface area contributed by atoms with E-state index in [2.05, 4.69) is 129 Å². The number of carboxylic acid groups (broad SMARTS) is 4. The molecule has 1 saturated heterocycles. The van der Waals surface area contributed by atoms with Crippen molar-refractivity contribution in [1.82, 2.24) is 60.5 Å². The van der Waals surface area contributed by atoms with Gasteiger partial charge in [-0.1, -0.05) is 124 Å². The number of ether oxygens (including phenoxy) is 5. The average Bonchev–Trinajstić information content (AvgIpc) is 1.59. The quantitative estimate of drug-likeness (QED) is 0.0259. The zero-order valence-corrected chi connectivity index (χ0v) is 72.9. The van der Waals surface area contributed by atoms with Crippen LogP contribution in [0.5, 0.6) is 0 Å². The molecular formula is C92H72N16O29. The molecule has 4 aromatic carbocycles. The summed E-state index contributed by atoms with van der Waals surface area (Å²) in [5.41, 5.74) is 3.63. The minimum absolute atomic E-state index is 0.00250. The summed E-state index contributed by atoms with van der Waals surface area (Å²) in [5.74, 6) is 17.4. The molecule has 0 radical (unpaired) electrons. The molecule has 137 heavy (non-hydrogen) atoms. The van der Waals surface area contributed by atoms with Crippen LogP contribution < -0.4 is 21.3 Å². The number of hydrogen-bond donors (Lipinski definition) is 8. The number of amides is 4. The summed E-state index contributed by atoms with van der Waals surface area (Å²) in [7, 11) is 0. The number of carbonyl (C=O) groups is 8. The number of fused-ring (bicyclic) bond motifs is 4. The van der Waals surface area contributed by atoms with Crippen molar-refractivity contribution < 1.29 is 136 Å². The maximum atomic E-state index is 12.5. The highest BCUT2D eigenvalue weighted by Crippen LogP contribution is 2.51. The van der Waals surface area contributed by atoms with E-state index in [0.717, 1.165) is 38.9 Å². The van der Waals surface area contributed by atoms with Crippen molar-refractivity contribution in [3.63, 3.8) is 0 Å². The van der Waals surface area contributed by atoms with Gasteiger partial charge in [-0.2, -0.15) is 39.9 Å². The molecule has 4 fully saturated rings. The predicted octanol–water partition coefficient (Wildman–Crippen LogP) is 15.0. The van der Waals surface area contributed by atoms with Gasteiger partial charge >= 0.3 is 48.3 Å². The number of carbonyl (C=O) groups excluding carboxylic acids is 4. The van der Waals surface area contributed by atoms with E-state index in [1.165, 1.54) is 18.7 Å². The fourth-order valence-electron chi connectivity index (χ4n) is 13.8. The third-order valence-corrected chi connectivity index (χ3v) is 22.1. The Morgan fingerprint density at radius 2 is 0.686 bits per heavy atom. The molecule has 1 aliphatic heterocycles. The first-order chi connectivity index (χ1) is 65.9.